The third kappa shape index (κ3) is 7.46. The molecule has 0 aromatic heterocycles. The number of benzene rings is 4. The van der Waals surface area contributed by atoms with Crippen LogP contribution in [0.4, 0.5) is 0 Å². The van der Waals surface area contributed by atoms with Gasteiger partial charge in [-0.25, -0.2) is 0 Å². The van der Waals surface area contributed by atoms with Crippen LogP contribution in [0.5, 0.6) is 0 Å². The minimum Gasteiger partial charge on any atom is -0.310 e. The summed E-state index contributed by atoms with van der Waals surface area (Å²) in [6.45, 7) is 11.1. The summed E-state index contributed by atoms with van der Waals surface area (Å²) < 4.78 is 12.8. The molecule has 0 fully saturated rings. The molecule has 43 heavy (non-hydrogen) atoms. The maximum Gasteiger partial charge on any atom is 0.226 e. The zero-order valence-corrected chi connectivity index (χ0v) is 28.8. The Morgan fingerprint density at radius 2 is 0.814 bits per heavy atom. The maximum atomic E-state index is 13.0. The van der Waals surface area contributed by atoms with E-state index in [4.69, 9.17) is 0 Å². The molecular formula is C36H39GeO5P. The van der Waals surface area contributed by atoms with Gasteiger partial charge in [0.05, 0.1) is 0 Å². The number of hydrogen-bond donors (Lipinski definition) is 0. The summed E-state index contributed by atoms with van der Waals surface area (Å²) in [7, 11) is -3.07. The fourth-order valence-corrected chi connectivity index (χ4v) is 14.0. The van der Waals surface area contributed by atoms with E-state index in [1.807, 2.05) is 86.6 Å². The van der Waals surface area contributed by atoms with Crippen molar-refractivity contribution in [3.8, 4) is 0 Å². The fourth-order valence-electron chi connectivity index (χ4n) is 5.40. The molecule has 0 bridgehead atoms. The van der Waals surface area contributed by atoms with Gasteiger partial charge in [0.1, 0.15) is 0 Å². The van der Waals surface area contributed by atoms with Crippen LogP contribution in [0.2, 0.25) is 10.5 Å². The van der Waals surface area contributed by atoms with Crippen molar-refractivity contribution in [3.05, 3.63) is 142 Å². The van der Waals surface area contributed by atoms with Crippen LogP contribution in [0, 0.1) is 27.7 Å². The average molecular weight is 655 g/mol. The van der Waals surface area contributed by atoms with E-state index in [1.165, 1.54) is 0 Å². The molecule has 4 aromatic carbocycles. The molecule has 0 amide bonds. The molecule has 0 aliphatic rings. The van der Waals surface area contributed by atoms with Gasteiger partial charge in [-0.1, -0.05) is 36.4 Å². The molecule has 0 unspecified atom stereocenters. The van der Waals surface area contributed by atoms with E-state index in [0.29, 0.717) is 32.8 Å². The van der Waals surface area contributed by atoms with Crippen LogP contribution in [0.25, 0.3) is 0 Å². The van der Waals surface area contributed by atoms with Gasteiger partial charge < -0.3 is 4.57 Å². The molecule has 0 heterocycles. The molecule has 4 rings (SSSR count). The number of aryl methyl sites for hydroxylation is 4. The summed E-state index contributed by atoms with van der Waals surface area (Å²) >= 11 is -3.32. The van der Waals surface area contributed by atoms with Gasteiger partial charge in [0.2, 0.25) is 18.8 Å². The fraction of sp³-hybridized carbons (Fsp3) is 0.222. The van der Waals surface area contributed by atoms with Crippen LogP contribution >= 0.6 is 7.80 Å². The summed E-state index contributed by atoms with van der Waals surface area (Å²) in [6.07, 6.45) is 0. The zero-order chi connectivity index (χ0) is 31.7. The van der Waals surface area contributed by atoms with Gasteiger partial charge >= 0.3 is 128 Å². The van der Waals surface area contributed by atoms with Crippen molar-refractivity contribution in [1.29, 1.82) is 0 Å². The normalized spacial score (nSPS) is 11.0. The topological polar surface area (TPSA) is 85.3 Å². The Bertz CT molecular complexity index is 1500. The van der Waals surface area contributed by atoms with Gasteiger partial charge in [0.25, 0.3) is 0 Å². The average Bonchev–Trinajstić information content (AvgIpc) is 3.02. The first-order valence-electron chi connectivity index (χ1n) is 14.5. The molecule has 0 aliphatic heterocycles. The van der Waals surface area contributed by atoms with Crippen molar-refractivity contribution in [2.45, 2.75) is 52.0 Å². The maximum absolute atomic E-state index is 13.0. The molecule has 0 radical (unpaired) electrons. The van der Waals surface area contributed by atoms with Crippen LogP contribution in [-0.4, -0.2) is 33.5 Å². The first-order valence-corrected chi connectivity index (χ1v) is 20.9. The summed E-state index contributed by atoms with van der Waals surface area (Å²) in [5.74, 6) is 0. The summed E-state index contributed by atoms with van der Waals surface area (Å²) in [5, 5.41) is 1.38. The Labute approximate surface area is 257 Å². The van der Waals surface area contributed by atoms with E-state index in [2.05, 4.69) is 0 Å². The van der Waals surface area contributed by atoms with Gasteiger partial charge in [-0.15, -0.1) is 0 Å². The van der Waals surface area contributed by atoms with E-state index in [1.54, 1.807) is 52.0 Å². The molecule has 4 aromatic rings. The number of carbonyl (C=O) groups is 4. The minimum atomic E-state index is -3.32. The van der Waals surface area contributed by atoms with Crippen molar-refractivity contribution in [1.82, 2.24) is 0 Å². The molecule has 222 valence electrons. The van der Waals surface area contributed by atoms with E-state index >= 15 is 0 Å². The first-order chi connectivity index (χ1) is 20.5. The van der Waals surface area contributed by atoms with Crippen LogP contribution in [0.1, 0.15) is 77.5 Å². The van der Waals surface area contributed by atoms with E-state index in [9.17, 15) is 23.7 Å². The van der Waals surface area contributed by atoms with Crippen LogP contribution in [-0.2, 0) is 4.57 Å². The third-order valence-corrected chi connectivity index (χ3v) is 19.2. The van der Waals surface area contributed by atoms with E-state index in [-0.39, 0.29) is 9.23 Å². The second-order valence-corrected chi connectivity index (χ2v) is 21.7. The Morgan fingerprint density at radius 1 is 0.512 bits per heavy atom. The Kier molecular flexibility index (Phi) is 11.9. The molecule has 0 aliphatic carbocycles. The number of carbonyl (C=O) groups excluding carboxylic acids is 4. The smallest absolute Gasteiger partial charge is 0.226 e. The van der Waals surface area contributed by atoms with Crippen LogP contribution in [0.3, 0.4) is 0 Å². The Hall–Kier alpha value is -3.67. The van der Waals surface area contributed by atoms with Crippen molar-refractivity contribution < 1.29 is 23.7 Å². The summed E-state index contributed by atoms with van der Waals surface area (Å²) in [6, 6.07) is 29.4. The van der Waals surface area contributed by atoms with E-state index in [0.717, 1.165) is 22.3 Å². The second kappa shape index (κ2) is 15.2. The van der Waals surface area contributed by atoms with Crippen molar-refractivity contribution in [3.63, 3.8) is 0 Å². The first kappa shape index (κ1) is 33.8. The summed E-state index contributed by atoms with van der Waals surface area (Å²) in [5.41, 5.74) is 4.08. The molecule has 0 saturated heterocycles. The van der Waals surface area contributed by atoms with Gasteiger partial charge in [-0.2, -0.15) is 0 Å². The quantitative estimate of drug-likeness (QED) is 0.126. The van der Waals surface area contributed by atoms with Gasteiger partial charge in [0, 0.05) is 11.1 Å². The predicted octanol–water partition coefficient (Wildman–Crippen LogP) is 8.78. The zero-order valence-electron chi connectivity index (χ0n) is 25.7. The molecule has 0 saturated carbocycles. The molecule has 5 nitrogen and oxygen atoms in total. The van der Waals surface area contributed by atoms with Crippen LogP contribution < -0.4 is 0 Å². The molecule has 0 spiro atoms. The monoisotopic (exact) mass is 656 g/mol. The second-order valence-electron chi connectivity index (χ2n) is 10.7. The molecule has 0 atom stereocenters. The van der Waals surface area contributed by atoms with Crippen molar-refractivity contribution in [2.24, 2.45) is 0 Å². The van der Waals surface area contributed by atoms with Gasteiger partial charge in [0.15, 0.2) is 0 Å². The van der Waals surface area contributed by atoms with Gasteiger partial charge in [-0.05, 0) is 49.9 Å². The van der Waals surface area contributed by atoms with Crippen LogP contribution in [0.15, 0.2) is 97.1 Å². The van der Waals surface area contributed by atoms with Crippen molar-refractivity contribution >= 4 is 41.3 Å². The summed E-state index contributed by atoms with van der Waals surface area (Å²) in [4.78, 5) is 51.1. The van der Waals surface area contributed by atoms with E-state index < -0.39 is 32.1 Å². The number of rotatable bonds is 10. The molecule has 0 N–H and O–H groups in total. The molecule has 7 heteroatoms. The largest absolute Gasteiger partial charge is 0.310 e. The van der Waals surface area contributed by atoms with Gasteiger partial charge in [-0.3, -0.25) is 9.59 Å². The SMILES string of the molecule is C[CH2][Ge]([CH2]C)([C](=O)c1ccccc1)[C](=O)c1ccccc1.Cc1cccc(C)c1C(=O)[PH](=O)C(=O)c1c(C)cccc1C. The minimum absolute atomic E-state index is 0.106. The number of hydrogen-bond acceptors (Lipinski definition) is 5. The Morgan fingerprint density at radius 3 is 1.09 bits per heavy atom. The predicted molar refractivity (Wildman–Crippen MR) is 178 cm³/mol. The van der Waals surface area contributed by atoms with Crippen molar-refractivity contribution in [2.75, 3.05) is 0 Å². The standard InChI is InChI=1S/C18H20GeO2.C18H19O3P/c1-3-19(4-2,17(20)15-11-7-5-8-12-15)18(21)16-13-9-6-10-14-16;1-11-7-5-8-12(2)15(11)17(19)22(21)18(20)16-13(3)9-6-10-14(16)4/h5-14H,3-4H2,1-2H3;5-10,22H,1-4H3. The molecular weight excluding hydrogens is 616 g/mol. The Balaban J connectivity index is 0.000000236. The third-order valence-electron chi connectivity index (χ3n) is 7.98.